The van der Waals surface area contributed by atoms with Crippen LogP contribution >= 0.6 is 0 Å². The Morgan fingerprint density at radius 1 is 0.650 bits per heavy atom. The number of rotatable bonds is 27. The number of unbranched alkanes of at least 4 members (excludes halogenated alkanes) is 11. The number of esters is 2. The minimum atomic E-state index is -1.18. The average molecular weight is 565 g/mol. The topological polar surface area (TPSA) is 78.9 Å². The third-order valence-corrected chi connectivity index (χ3v) is 7.13. The van der Waals surface area contributed by atoms with Gasteiger partial charge < -0.3 is 14.2 Å². The summed E-state index contributed by atoms with van der Waals surface area (Å²) >= 11 is 0. The quantitative estimate of drug-likeness (QED) is 0.0430. The predicted molar refractivity (Wildman–Crippen MR) is 164 cm³/mol. The minimum Gasteiger partial charge on any atom is -0.465 e. The lowest BCUT2D eigenvalue weighted by Crippen LogP contribution is -2.37. The van der Waals surface area contributed by atoms with E-state index in [2.05, 4.69) is 38.2 Å². The number of Topliss-reactive ketones (excluding diaryl/α,β-unsaturated/α-hetero) is 1. The zero-order valence-electron chi connectivity index (χ0n) is 26.5. The van der Waals surface area contributed by atoms with Gasteiger partial charge in [0.25, 0.3) is 0 Å². The summed E-state index contributed by atoms with van der Waals surface area (Å²) in [4.78, 5) is 37.3. The van der Waals surface area contributed by atoms with Gasteiger partial charge in [0.1, 0.15) is 11.2 Å². The molecule has 0 amide bonds. The van der Waals surface area contributed by atoms with Crippen molar-refractivity contribution in [3.05, 3.63) is 24.3 Å². The second-order valence-corrected chi connectivity index (χ2v) is 11.4. The summed E-state index contributed by atoms with van der Waals surface area (Å²) in [7, 11) is 1.56. The van der Waals surface area contributed by atoms with Crippen molar-refractivity contribution in [1.82, 2.24) is 0 Å². The highest BCUT2D eigenvalue weighted by Crippen LogP contribution is 2.23. The van der Waals surface area contributed by atoms with Crippen molar-refractivity contribution >= 4 is 17.7 Å². The van der Waals surface area contributed by atoms with E-state index in [1.165, 1.54) is 38.5 Å². The van der Waals surface area contributed by atoms with E-state index < -0.39 is 11.4 Å². The van der Waals surface area contributed by atoms with E-state index in [0.717, 1.165) is 57.8 Å². The normalized spacial score (nSPS) is 12.7. The molecule has 0 aliphatic carbocycles. The van der Waals surface area contributed by atoms with Gasteiger partial charge in [-0.1, -0.05) is 89.5 Å². The van der Waals surface area contributed by atoms with Gasteiger partial charge in [0.2, 0.25) is 0 Å². The SMILES string of the molecule is CCCCC/C=C\C/C=C\CCCCCCCC(=O)OCC(COC)COC(=O)C(C)(C)C(=O)CCCCCC. The molecule has 40 heavy (non-hydrogen) atoms. The molecule has 0 spiro atoms. The van der Waals surface area contributed by atoms with Gasteiger partial charge in [-0.15, -0.1) is 0 Å². The van der Waals surface area contributed by atoms with Crippen LogP contribution in [0.1, 0.15) is 137 Å². The Morgan fingerprint density at radius 2 is 1.18 bits per heavy atom. The number of hydrogen-bond acceptors (Lipinski definition) is 6. The molecule has 0 fully saturated rings. The maximum atomic E-state index is 12.6. The Morgan fingerprint density at radius 3 is 1.82 bits per heavy atom. The smallest absolute Gasteiger partial charge is 0.319 e. The van der Waals surface area contributed by atoms with Crippen LogP contribution in [0.5, 0.6) is 0 Å². The summed E-state index contributed by atoms with van der Waals surface area (Å²) in [6.07, 6.45) is 26.3. The van der Waals surface area contributed by atoms with Crippen LogP contribution in [0.4, 0.5) is 0 Å². The molecule has 1 atom stereocenters. The molecule has 6 nitrogen and oxygen atoms in total. The van der Waals surface area contributed by atoms with Crippen LogP contribution in [0.2, 0.25) is 0 Å². The van der Waals surface area contributed by atoms with E-state index in [1.54, 1.807) is 21.0 Å². The molecule has 1 unspecified atom stereocenters. The second-order valence-electron chi connectivity index (χ2n) is 11.4. The molecule has 0 bridgehead atoms. The van der Waals surface area contributed by atoms with E-state index in [-0.39, 0.29) is 30.9 Å². The van der Waals surface area contributed by atoms with Crippen LogP contribution in [0.25, 0.3) is 0 Å². The van der Waals surface area contributed by atoms with Crippen molar-refractivity contribution in [1.29, 1.82) is 0 Å². The van der Waals surface area contributed by atoms with Gasteiger partial charge in [0, 0.05) is 20.0 Å². The maximum Gasteiger partial charge on any atom is 0.319 e. The Hall–Kier alpha value is -1.95. The summed E-state index contributed by atoms with van der Waals surface area (Å²) in [5, 5.41) is 0. The lowest BCUT2D eigenvalue weighted by Gasteiger charge is -2.23. The van der Waals surface area contributed by atoms with Crippen molar-refractivity contribution in [3.8, 4) is 0 Å². The molecular weight excluding hydrogens is 504 g/mol. The summed E-state index contributed by atoms with van der Waals surface area (Å²) in [5.41, 5.74) is -1.18. The second kappa shape index (κ2) is 26.0. The zero-order valence-corrected chi connectivity index (χ0v) is 26.5. The van der Waals surface area contributed by atoms with E-state index in [4.69, 9.17) is 14.2 Å². The molecule has 6 heteroatoms. The molecular formula is C34H60O6. The van der Waals surface area contributed by atoms with Crippen LogP contribution in [0, 0.1) is 11.3 Å². The monoisotopic (exact) mass is 564 g/mol. The van der Waals surface area contributed by atoms with Crippen LogP contribution in [0.3, 0.4) is 0 Å². The fourth-order valence-corrected chi connectivity index (χ4v) is 4.26. The molecule has 0 radical (unpaired) electrons. The van der Waals surface area contributed by atoms with Crippen molar-refractivity contribution in [3.63, 3.8) is 0 Å². The summed E-state index contributed by atoms with van der Waals surface area (Å²) in [6.45, 7) is 8.07. The van der Waals surface area contributed by atoms with Crippen LogP contribution in [-0.2, 0) is 28.6 Å². The molecule has 0 heterocycles. The summed E-state index contributed by atoms with van der Waals surface area (Å²) in [6, 6.07) is 0. The Balaban J connectivity index is 4.03. The average Bonchev–Trinajstić information content (AvgIpc) is 2.94. The number of ketones is 1. The van der Waals surface area contributed by atoms with Gasteiger partial charge in [0.05, 0.1) is 25.7 Å². The number of carbonyl (C=O) groups excluding carboxylic acids is 3. The Labute approximate surface area is 245 Å². The van der Waals surface area contributed by atoms with Crippen molar-refractivity contribution in [2.24, 2.45) is 11.3 Å². The van der Waals surface area contributed by atoms with Crippen LogP contribution in [-0.4, -0.2) is 44.7 Å². The van der Waals surface area contributed by atoms with Gasteiger partial charge in [-0.05, 0) is 58.8 Å². The number of hydrogen-bond donors (Lipinski definition) is 0. The van der Waals surface area contributed by atoms with Crippen molar-refractivity contribution in [2.75, 3.05) is 26.9 Å². The highest BCUT2D eigenvalue weighted by Gasteiger charge is 2.37. The van der Waals surface area contributed by atoms with E-state index in [1.807, 2.05) is 0 Å². The lowest BCUT2D eigenvalue weighted by molar-refractivity contribution is -0.161. The maximum absolute atomic E-state index is 12.6. The summed E-state index contributed by atoms with van der Waals surface area (Å²) in [5.74, 6) is -1.13. The molecule has 0 aromatic heterocycles. The predicted octanol–water partition coefficient (Wildman–Crippen LogP) is 8.71. The first kappa shape index (κ1) is 38.0. The standard InChI is InChI=1S/C34H60O6/c1-6-8-10-12-13-14-15-16-17-18-19-20-21-22-24-26-32(36)39-28-30(27-38-5)29-40-33(37)34(3,4)31(35)25-23-11-9-7-2/h13-14,16-17,30H,6-12,15,18-29H2,1-5H3/b14-13-,17-16-. The van der Waals surface area contributed by atoms with E-state index in [0.29, 0.717) is 19.4 Å². The molecule has 0 aromatic rings. The molecule has 0 rings (SSSR count). The molecule has 0 aliphatic heterocycles. The van der Waals surface area contributed by atoms with Crippen molar-refractivity contribution in [2.45, 2.75) is 137 Å². The first-order valence-electron chi connectivity index (χ1n) is 15.9. The first-order chi connectivity index (χ1) is 19.3. The number of carbonyl (C=O) groups is 3. The number of methoxy groups -OCH3 is 1. The summed E-state index contributed by atoms with van der Waals surface area (Å²) < 4.78 is 16.1. The molecule has 0 aromatic carbocycles. The first-order valence-corrected chi connectivity index (χ1v) is 15.9. The minimum absolute atomic E-state index is 0.0518. The van der Waals surface area contributed by atoms with Gasteiger partial charge in [-0.25, -0.2) is 0 Å². The molecule has 232 valence electrons. The van der Waals surface area contributed by atoms with Gasteiger partial charge in [0.15, 0.2) is 0 Å². The third kappa shape index (κ3) is 20.9. The number of ether oxygens (including phenoxy) is 3. The van der Waals surface area contributed by atoms with Gasteiger partial charge >= 0.3 is 11.9 Å². The highest BCUT2D eigenvalue weighted by molar-refractivity contribution is 6.02. The fourth-order valence-electron chi connectivity index (χ4n) is 4.26. The Bertz CT molecular complexity index is 709. The van der Waals surface area contributed by atoms with Crippen LogP contribution in [0.15, 0.2) is 24.3 Å². The number of allylic oxidation sites excluding steroid dienone is 4. The van der Waals surface area contributed by atoms with Crippen molar-refractivity contribution < 1.29 is 28.6 Å². The highest BCUT2D eigenvalue weighted by atomic mass is 16.6. The third-order valence-electron chi connectivity index (χ3n) is 7.13. The largest absolute Gasteiger partial charge is 0.465 e. The lowest BCUT2D eigenvalue weighted by atomic mass is 9.85. The Kier molecular flexibility index (Phi) is 24.7. The molecule has 0 saturated heterocycles. The fraction of sp³-hybridized carbons (Fsp3) is 0.794. The van der Waals surface area contributed by atoms with Gasteiger partial charge in [-0.3, -0.25) is 14.4 Å². The molecule has 0 aliphatic rings. The zero-order chi connectivity index (χ0) is 29.9. The van der Waals surface area contributed by atoms with E-state index in [9.17, 15) is 14.4 Å². The van der Waals surface area contributed by atoms with E-state index >= 15 is 0 Å². The molecule has 0 saturated carbocycles. The van der Waals surface area contributed by atoms with Gasteiger partial charge in [-0.2, -0.15) is 0 Å². The van der Waals surface area contributed by atoms with Crippen LogP contribution < -0.4 is 0 Å². The molecule has 0 N–H and O–H groups in total.